The third kappa shape index (κ3) is 1.36. The van der Waals surface area contributed by atoms with E-state index in [0.717, 1.165) is 31.6 Å². The van der Waals surface area contributed by atoms with Gasteiger partial charge in [0.1, 0.15) is 5.75 Å². The fourth-order valence-corrected chi connectivity index (χ4v) is 2.62. The first-order chi connectivity index (χ1) is 7.21. The molecule has 0 bridgehead atoms. The van der Waals surface area contributed by atoms with E-state index >= 15 is 0 Å². The maximum Gasteiger partial charge on any atom is 0.125 e. The first-order valence-corrected chi connectivity index (χ1v) is 5.65. The molecular weight excluding hydrogens is 188 g/mol. The summed E-state index contributed by atoms with van der Waals surface area (Å²) in [6.45, 7) is 2.81. The maximum absolute atomic E-state index is 10.2. The Labute approximate surface area is 89.9 Å². The molecule has 1 atom stereocenters. The number of ether oxygens (including phenoxy) is 1. The first-order valence-electron chi connectivity index (χ1n) is 5.65. The Morgan fingerprint density at radius 3 is 2.93 bits per heavy atom. The molecule has 1 heterocycles. The Bertz CT molecular complexity index is 394. The number of aryl methyl sites for hydroxylation is 1. The predicted molar refractivity (Wildman–Crippen MR) is 58.2 cm³/mol. The summed E-state index contributed by atoms with van der Waals surface area (Å²) in [5.74, 6) is 1.30. The van der Waals surface area contributed by atoms with Gasteiger partial charge in [-0.25, -0.2) is 0 Å². The highest BCUT2D eigenvalue weighted by Gasteiger charge is 2.49. The van der Waals surface area contributed by atoms with Crippen molar-refractivity contribution >= 4 is 0 Å². The molecule has 2 heteroatoms. The molecule has 0 amide bonds. The molecule has 0 saturated heterocycles. The van der Waals surface area contributed by atoms with E-state index in [0.29, 0.717) is 5.92 Å². The number of benzene rings is 1. The smallest absolute Gasteiger partial charge is 0.125 e. The molecule has 1 unspecified atom stereocenters. The van der Waals surface area contributed by atoms with Gasteiger partial charge in [-0.3, -0.25) is 0 Å². The third-order valence-corrected chi connectivity index (χ3v) is 3.68. The minimum atomic E-state index is -0.424. The number of rotatable bonds is 1. The van der Waals surface area contributed by atoms with Gasteiger partial charge in [-0.1, -0.05) is 18.2 Å². The fourth-order valence-electron chi connectivity index (χ4n) is 2.62. The molecule has 1 aromatic rings. The zero-order valence-electron chi connectivity index (χ0n) is 8.99. The van der Waals surface area contributed by atoms with Crippen molar-refractivity contribution < 1.29 is 9.84 Å². The van der Waals surface area contributed by atoms with Crippen molar-refractivity contribution in [3.8, 4) is 5.75 Å². The molecular formula is C13H16O2. The lowest BCUT2D eigenvalue weighted by molar-refractivity contribution is 0.0938. The number of hydrogen-bond donors (Lipinski definition) is 1. The van der Waals surface area contributed by atoms with Crippen LogP contribution in [0.3, 0.4) is 0 Å². The van der Waals surface area contributed by atoms with Crippen molar-refractivity contribution in [1.82, 2.24) is 0 Å². The second-order valence-electron chi connectivity index (χ2n) is 4.79. The van der Waals surface area contributed by atoms with Crippen molar-refractivity contribution in [3.63, 3.8) is 0 Å². The van der Waals surface area contributed by atoms with Gasteiger partial charge in [-0.05, 0) is 31.7 Å². The van der Waals surface area contributed by atoms with Crippen LogP contribution in [0.25, 0.3) is 0 Å². The highest BCUT2D eigenvalue weighted by Crippen LogP contribution is 2.52. The van der Waals surface area contributed by atoms with Crippen LogP contribution in [0.2, 0.25) is 0 Å². The van der Waals surface area contributed by atoms with Gasteiger partial charge in [0.05, 0.1) is 12.2 Å². The molecule has 1 N–H and O–H groups in total. The number of aliphatic hydroxyl groups is 1. The van der Waals surface area contributed by atoms with E-state index in [9.17, 15) is 5.11 Å². The van der Waals surface area contributed by atoms with Gasteiger partial charge in [0, 0.05) is 11.5 Å². The largest absolute Gasteiger partial charge is 0.493 e. The molecule has 1 aromatic carbocycles. The molecule has 1 aliphatic carbocycles. The van der Waals surface area contributed by atoms with Crippen molar-refractivity contribution in [2.24, 2.45) is 0 Å². The molecule has 15 heavy (non-hydrogen) atoms. The van der Waals surface area contributed by atoms with E-state index in [-0.39, 0.29) is 0 Å². The zero-order valence-corrected chi connectivity index (χ0v) is 8.99. The highest BCUT2D eigenvalue weighted by atomic mass is 16.5. The van der Waals surface area contributed by atoms with Crippen LogP contribution in [0.1, 0.15) is 36.3 Å². The molecule has 2 aliphatic rings. The minimum absolute atomic E-state index is 0.293. The Morgan fingerprint density at radius 2 is 2.20 bits per heavy atom. The fraction of sp³-hybridized carbons (Fsp3) is 0.538. The van der Waals surface area contributed by atoms with Crippen LogP contribution in [0.5, 0.6) is 5.75 Å². The van der Waals surface area contributed by atoms with Crippen LogP contribution in [0, 0.1) is 6.92 Å². The average molecular weight is 204 g/mol. The van der Waals surface area contributed by atoms with Crippen LogP contribution in [-0.2, 0) is 0 Å². The van der Waals surface area contributed by atoms with Gasteiger partial charge < -0.3 is 9.84 Å². The van der Waals surface area contributed by atoms with Crippen molar-refractivity contribution in [2.45, 2.75) is 37.7 Å². The zero-order chi connectivity index (χ0) is 10.5. The lowest BCUT2D eigenvalue weighted by Crippen LogP contribution is -2.26. The maximum atomic E-state index is 10.2. The van der Waals surface area contributed by atoms with Gasteiger partial charge >= 0.3 is 0 Å². The molecule has 80 valence electrons. The normalized spacial score (nSPS) is 26.7. The summed E-state index contributed by atoms with van der Waals surface area (Å²) >= 11 is 0. The summed E-state index contributed by atoms with van der Waals surface area (Å²) in [6, 6.07) is 6.22. The Balaban J connectivity index is 2.07. The summed E-state index contributed by atoms with van der Waals surface area (Å²) < 4.78 is 5.70. The van der Waals surface area contributed by atoms with Crippen molar-refractivity contribution in [1.29, 1.82) is 0 Å². The van der Waals surface area contributed by atoms with E-state index in [1.165, 1.54) is 11.1 Å². The van der Waals surface area contributed by atoms with Crippen LogP contribution >= 0.6 is 0 Å². The topological polar surface area (TPSA) is 29.5 Å². The summed E-state index contributed by atoms with van der Waals surface area (Å²) in [6.07, 6.45) is 2.85. The van der Waals surface area contributed by atoms with E-state index < -0.39 is 5.60 Å². The Kier molecular flexibility index (Phi) is 1.84. The molecule has 1 aliphatic heterocycles. The minimum Gasteiger partial charge on any atom is -0.493 e. The van der Waals surface area contributed by atoms with Crippen LogP contribution in [-0.4, -0.2) is 17.3 Å². The first kappa shape index (κ1) is 9.22. The summed E-state index contributed by atoms with van der Waals surface area (Å²) in [7, 11) is 0. The molecule has 1 saturated carbocycles. The second-order valence-corrected chi connectivity index (χ2v) is 4.79. The number of para-hydroxylation sites is 1. The van der Waals surface area contributed by atoms with E-state index in [2.05, 4.69) is 25.1 Å². The average Bonchev–Trinajstić information content (AvgIpc) is 2.98. The Morgan fingerprint density at radius 1 is 1.40 bits per heavy atom. The number of fused-ring (bicyclic) bond motifs is 1. The van der Waals surface area contributed by atoms with Gasteiger partial charge in [0.15, 0.2) is 0 Å². The summed E-state index contributed by atoms with van der Waals surface area (Å²) in [4.78, 5) is 0. The van der Waals surface area contributed by atoms with E-state index in [4.69, 9.17) is 4.74 Å². The lowest BCUT2D eigenvalue weighted by atomic mass is 9.85. The third-order valence-electron chi connectivity index (χ3n) is 3.68. The molecule has 0 aromatic heterocycles. The van der Waals surface area contributed by atoms with Crippen molar-refractivity contribution in [3.05, 3.63) is 29.3 Å². The molecule has 0 spiro atoms. The van der Waals surface area contributed by atoms with Crippen LogP contribution in [0.4, 0.5) is 0 Å². The number of hydrogen-bond acceptors (Lipinski definition) is 2. The monoisotopic (exact) mass is 204 g/mol. The van der Waals surface area contributed by atoms with Gasteiger partial charge in [-0.2, -0.15) is 0 Å². The quantitative estimate of drug-likeness (QED) is 0.761. The standard InChI is InChI=1S/C13H16O2/c1-9-3-2-4-10-11(13(14)6-7-13)5-8-15-12(9)10/h2-4,11,14H,5-8H2,1H3. The molecule has 1 fully saturated rings. The van der Waals surface area contributed by atoms with Crippen LogP contribution in [0.15, 0.2) is 18.2 Å². The van der Waals surface area contributed by atoms with Gasteiger partial charge in [-0.15, -0.1) is 0 Å². The summed E-state index contributed by atoms with van der Waals surface area (Å²) in [5.41, 5.74) is 1.97. The van der Waals surface area contributed by atoms with E-state index in [1.54, 1.807) is 0 Å². The lowest BCUT2D eigenvalue weighted by Gasteiger charge is -2.30. The summed E-state index contributed by atoms with van der Waals surface area (Å²) in [5, 5.41) is 10.2. The molecule has 3 rings (SSSR count). The van der Waals surface area contributed by atoms with Crippen LogP contribution < -0.4 is 4.74 Å². The Hall–Kier alpha value is -1.02. The highest BCUT2D eigenvalue weighted by molar-refractivity contribution is 5.46. The van der Waals surface area contributed by atoms with Gasteiger partial charge in [0.25, 0.3) is 0 Å². The van der Waals surface area contributed by atoms with E-state index in [1.807, 2.05) is 0 Å². The SMILES string of the molecule is Cc1cccc2c1OCCC2C1(O)CC1. The van der Waals surface area contributed by atoms with Gasteiger partial charge in [0.2, 0.25) is 0 Å². The second kappa shape index (κ2) is 2.99. The van der Waals surface area contributed by atoms with Crippen molar-refractivity contribution in [2.75, 3.05) is 6.61 Å². The molecule has 2 nitrogen and oxygen atoms in total. The molecule has 0 radical (unpaired) electrons. The predicted octanol–water partition coefficient (Wildman–Crippen LogP) is 2.39.